The van der Waals surface area contributed by atoms with E-state index in [-0.39, 0.29) is 6.04 Å². The van der Waals surface area contributed by atoms with Crippen LogP contribution in [0.15, 0.2) is 53.4 Å². The summed E-state index contributed by atoms with van der Waals surface area (Å²) in [6, 6.07) is 12.5. The first-order chi connectivity index (χ1) is 9.81. The van der Waals surface area contributed by atoms with E-state index in [0.29, 0.717) is 5.15 Å². The molecule has 0 saturated heterocycles. The maximum absolute atomic E-state index is 5.83. The van der Waals surface area contributed by atoms with Crippen LogP contribution in [0.1, 0.15) is 15.8 Å². The van der Waals surface area contributed by atoms with Gasteiger partial charge < -0.3 is 5.32 Å². The number of thiophene rings is 2. The van der Waals surface area contributed by atoms with Crippen LogP contribution in [-0.4, -0.2) is 4.98 Å². The van der Waals surface area contributed by atoms with Gasteiger partial charge in [-0.3, -0.25) is 0 Å². The summed E-state index contributed by atoms with van der Waals surface area (Å²) in [5, 5.41) is 8.28. The number of anilines is 1. The van der Waals surface area contributed by atoms with Crippen molar-refractivity contribution in [2.75, 3.05) is 5.32 Å². The van der Waals surface area contributed by atoms with Gasteiger partial charge in [0.1, 0.15) is 5.15 Å². The standard InChI is InChI=1S/C15H13ClN2S2/c16-15-6-5-11(10-17-15)18-13(14-4-2-8-20-14)9-12-3-1-7-19-12/h1-8,10,13,18H,9H2. The maximum Gasteiger partial charge on any atom is 0.129 e. The van der Waals surface area contributed by atoms with Crippen LogP contribution in [0.2, 0.25) is 5.15 Å². The second-order valence-corrected chi connectivity index (χ2v) is 6.76. The highest BCUT2D eigenvalue weighted by molar-refractivity contribution is 7.10. The summed E-state index contributed by atoms with van der Waals surface area (Å²) in [4.78, 5) is 6.82. The molecule has 0 aliphatic rings. The summed E-state index contributed by atoms with van der Waals surface area (Å²) in [5.41, 5.74) is 0.990. The van der Waals surface area contributed by atoms with E-state index in [1.165, 1.54) is 9.75 Å². The van der Waals surface area contributed by atoms with Crippen molar-refractivity contribution < 1.29 is 0 Å². The van der Waals surface area contributed by atoms with Gasteiger partial charge in [0, 0.05) is 16.2 Å². The fraction of sp³-hybridized carbons (Fsp3) is 0.133. The fourth-order valence-corrected chi connectivity index (χ4v) is 3.65. The van der Waals surface area contributed by atoms with Gasteiger partial charge in [0.2, 0.25) is 0 Å². The van der Waals surface area contributed by atoms with Crippen LogP contribution < -0.4 is 5.32 Å². The Hall–Kier alpha value is -1.36. The Balaban J connectivity index is 1.80. The average molecular weight is 321 g/mol. The van der Waals surface area contributed by atoms with Crippen LogP contribution in [-0.2, 0) is 6.42 Å². The van der Waals surface area contributed by atoms with Gasteiger partial charge in [0.05, 0.1) is 17.9 Å². The molecule has 0 fully saturated rings. The predicted molar refractivity (Wildman–Crippen MR) is 88.0 cm³/mol. The molecular weight excluding hydrogens is 308 g/mol. The van der Waals surface area contributed by atoms with E-state index >= 15 is 0 Å². The van der Waals surface area contributed by atoms with E-state index in [9.17, 15) is 0 Å². The predicted octanol–water partition coefficient (Wildman–Crippen LogP) is 5.25. The third-order valence-corrected chi connectivity index (χ3v) is 5.05. The molecule has 0 aliphatic carbocycles. The van der Waals surface area contributed by atoms with Crippen LogP contribution in [0, 0.1) is 0 Å². The maximum atomic E-state index is 5.83. The Morgan fingerprint density at radius 2 is 1.95 bits per heavy atom. The molecule has 0 aliphatic heterocycles. The van der Waals surface area contributed by atoms with E-state index in [1.807, 2.05) is 6.07 Å². The minimum Gasteiger partial charge on any atom is -0.376 e. The lowest BCUT2D eigenvalue weighted by atomic mass is 10.1. The molecule has 102 valence electrons. The summed E-state index contributed by atoms with van der Waals surface area (Å²) in [6.45, 7) is 0. The summed E-state index contributed by atoms with van der Waals surface area (Å²) in [5.74, 6) is 0. The number of nitrogens with zero attached hydrogens (tertiary/aromatic N) is 1. The molecule has 5 heteroatoms. The normalized spacial score (nSPS) is 12.2. The van der Waals surface area contributed by atoms with Crippen LogP contribution >= 0.6 is 34.3 Å². The molecule has 1 N–H and O–H groups in total. The number of pyridine rings is 1. The lowest BCUT2D eigenvalue weighted by Crippen LogP contribution is -2.12. The second kappa shape index (κ2) is 6.39. The van der Waals surface area contributed by atoms with Crippen molar-refractivity contribution in [2.45, 2.75) is 12.5 Å². The molecule has 20 heavy (non-hydrogen) atoms. The molecule has 0 radical (unpaired) electrons. The molecule has 3 heterocycles. The van der Waals surface area contributed by atoms with E-state index in [1.54, 1.807) is 34.9 Å². The number of halogens is 1. The quantitative estimate of drug-likeness (QED) is 0.649. The van der Waals surface area contributed by atoms with Crippen LogP contribution in [0.4, 0.5) is 5.69 Å². The van der Waals surface area contributed by atoms with Crippen molar-refractivity contribution in [1.82, 2.24) is 4.98 Å². The molecule has 0 spiro atoms. The largest absolute Gasteiger partial charge is 0.376 e. The summed E-state index contributed by atoms with van der Waals surface area (Å²) in [7, 11) is 0. The number of rotatable bonds is 5. The first kappa shape index (κ1) is 13.6. The van der Waals surface area contributed by atoms with Crippen molar-refractivity contribution >= 4 is 40.0 Å². The first-order valence-electron chi connectivity index (χ1n) is 6.25. The highest BCUT2D eigenvalue weighted by Gasteiger charge is 2.14. The molecular formula is C15H13ClN2S2. The lowest BCUT2D eigenvalue weighted by Gasteiger charge is -2.18. The Kier molecular flexibility index (Phi) is 4.35. The van der Waals surface area contributed by atoms with Crippen LogP contribution in [0.25, 0.3) is 0 Å². The zero-order valence-electron chi connectivity index (χ0n) is 10.6. The van der Waals surface area contributed by atoms with Crippen molar-refractivity contribution in [3.8, 4) is 0 Å². The molecule has 0 bridgehead atoms. The van der Waals surface area contributed by atoms with Gasteiger partial charge in [-0.25, -0.2) is 4.98 Å². The van der Waals surface area contributed by atoms with Crippen molar-refractivity contribution in [3.63, 3.8) is 0 Å². The molecule has 3 aromatic heterocycles. The minimum absolute atomic E-state index is 0.261. The molecule has 1 unspecified atom stereocenters. The van der Waals surface area contributed by atoms with Gasteiger partial charge in [-0.2, -0.15) is 0 Å². The average Bonchev–Trinajstić information content (AvgIpc) is 3.12. The summed E-state index contributed by atoms with van der Waals surface area (Å²) < 4.78 is 0. The molecule has 1 atom stereocenters. The second-order valence-electron chi connectivity index (χ2n) is 4.37. The van der Waals surface area contributed by atoms with Gasteiger partial charge in [-0.15, -0.1) is 22.7 Å². The van der Waals surface area contributed by atoms with Crippen LogP contribution in [0.3, 0.4) is 0 Å². The zero-order valence-corrected chi connectivity index (χ0v) is 13.0. The van der Waals surface area contributed by atoms with E-state index < -0.39 is 0 Å². The van der Waals surface area contributed by atoms with Gasteiger partial charge in [0.15, 0.2) is 0 Å². The fourth-order valence-electron chi connectivity index (χ4n) is 2.00. The molecule has 2 nitrogen and oxygen atoms in total. The van der Waals surface area contributed by atoms with Crippen molar-refractivity contribution in [2.24, 2.45) is 0 Å². The van der Waals surface area contributed by atoms with Gasteiger partial charge in [-0.1, -0.05) is 23.7 Å². The SMILES string of the molecule is Clc1ccc(NC(Cc2cccs2)c2cccs2)cn1. The Morgan fingerprint density at radius 3 is 2.60 bits per heavy atom. The highest BCUT2D eigenvalue weighted by atomic mass is 35.5. The van der Waals surface area contributed by atoms with Crippen molar-refractivity contribution in [1.29, 1.82) is 0 Å². The lowest BCUT2D eigenvalue weighted by molar-refractivity contribution is 0.801. The van der Waals surface area contributed by atoms with Crippen molar-refractivity contribution in [3.05, 3.63) is 68.3 Å². The highest BCUT2D eigenvalue weighted by Crippen LogP contribution is 2.28. The Labute approximate surface area is 131 Å². The monoisotopic (exact) mass is 320 g/mol. The van der Waals surface area contributed by atoms with E-state index in [2.05, 4.69) is 45.3 Å². The molecule has 0 saturated carbocycles. The summed E-state index contributed by atoms with van der Waals surface area (Å²) >= 11 is 9.39. The molecule has 3 rings (SSSR count). The zero-order chi connectivity index (χ0) is 13.8. The van der Waals surface area contributed by atoms with Gasteiger partial charge in [0.25, 0.3) is 0 Å². The molecule has 0 aromatic carbocycles. The van der Waals surface area contributed by atoms with E-state index in [0.717, 1.165) is 12.1 Å². The minimum atomic E-state index is 0.261. The Bertz CT molecular complexity index is 633. The third kappa shape index (κ3) is 3.39. The number of hydrogen-bond donors (Lipinski definition) is 1. The smallest absolute Gasteiger partial charge is 0.129 e. The number of nitrogens with one attached hydrogen (secondary N) is 1. The third-order valence-electron chi connectivity index (χ3n) is 2.94. The molecule has 0 amide bonds. The van der Waals surface area contributed by atoms with Crippen LogP contribution in [0.5, 0.6) is 0 Å². The first-order valence-corrected chi connectivity index (χ1v) is 8.39. The topological polar surface area (TPSA) is 24.9 Å². The van der Waals surface area contributed by atoms with Gasteiger partial charge >= 0.3 is 0 Å². The van der Waals surface area contributed by atoms with E-state index in [4.69, 9.17) is 11.6 Å². The molecule has 3 aromatic rings. The van der Waals surface area contributed by atoms with Gasteiger partial charge in [-0.05, 0) is 35.0 Å². The number of hydrogen-bond acceptors (Lipinski definition) is 4. The Morgan fingerprint density at radius 1 is 1.10 bits per heavy atom. The number of aromatic nitrogens is 1. The summed E-state index contributed by atoms with van der Waals surface area (Å²) in [6.07, 6.45) is 2.75.